The van der Waals surface area contributed by atoms with E-state index in [4.69, 9.17) is 16.0 Å². The van der Waals surface area contributed by atoms with Gasteiger partial charge in [0.05, 0.1) is 12.7 Å². The van der Waals surface area contributed by atoms with Crippen LogP contribution in [0.2, 0.25) is 0 Å². The molecule has 0 unspecified atom stereocenters. The van der Waals surface area contributed by atoms with Gasteiger partial charge in [0, 0.05) is 5.56 Å². The van der Waals surface area contributed by atoms with Crippen LogP contribution < -0.4 is 5.32 Å². The fourth-order valence-electron chi connectivity index (χ4n) is 1.34. The number of nitrogens with one attached hydrogen (secondary N) is 1. The summed E-state index contributed by atoms with van der Waals surface area (Å²) in [5.41, 5.74) is 0.905. The molecule has 0 atom stereocenters. The molecule has 0 aliphatic rings. The number of oxazole rings is 1. The van der Waals surface area contributed by atoms with Crippen LogP contribution in [0.15, 0.2) is 40.9 Å². The molecule has 0 aliphatic carbocycles. The second kappa shape index (κ2) is 5.50. The van der Waals surface area contributed by atoms with Crippen molar-refractivity contribution >= 4 is 17.5 Å². The molecule has 0 radical (unpaired) electrons. The zero-order valence-corrected chi connectivity index (χ0v) is 9.78. The standard InChI is InChI=1S/C12H11ClN2O2/c13-6-11(16)14-7-10-8-15-12(17-10)9-4-2-1-3-5-9/h1-5,8H,6-7H2,(H,14,16). The van der Waals surface area contributed by atoms with Gasteiger partial charge in [0.15, 0.2) is 0 Å². The predicted molar refractivity (Wildman–Crippen MR) is 64.5 cm³/mol. The minimum absolute atomic E-state index is 0.0559. The SMILES string of the molecule is O=C(CCl)NCc1cnc(-c2ccccc2)o1. The van der Waals surface area contributed by atoms with Crippen LogP contribution in [0.25, 0.3) is 11.5 Å². The molecule has 17 heavy (non-hydrogen) atoms. The molecule has 1 aromatic heterocycles. The molecule has 1 amide bonds. The van der Waals surface area contributed by atoms with Crippen LogP contribution in [-0.2, 0) is 11.3 Å². The fraction of sp³-hybridized carbons (Fsp3) is 0.167. The summed E-state index contributed by atoms with van der Waals surface area (Å²) in [5, 5.41) is 2.61. The maximum atomic E-state index is 11.0. The van der Waals surface area contributed by atoms with Crippen LogP contribution in [0.1, 0.15) is 5.76 Å². The highest BCUT2D eigenvalue weighted by atomic mass is 35.5. The van der Waals surface area contributed by atoms with E-state index in [1.54, 1.807) is 6.20 Å². The van der Waals surface area contributed by atoms with Gasteiger partial charge in [-0.2, -0.15) is 0 Å². The molecule has 0 saturated carbocycles. The second-order valence-electron chi connectivity index (χ2n) is 3.41. The highest BCUT2D eigenvalue weighted by Gasteiger charge is 2.06. The highest BCUT2D eigenvalue weighted by Crippen LogP contribution is 2.18. The third kappa shape index (κ3) is 3.07. The summed E-state index contributed by atoms with van der Waals surface area (Å²) in [6.07, 6.45) is 1.59. The van der Waals surface area contributed by atoms with E-state index < -0.39 is 0 Å². The third-order valence-electron chi connectivity index (χ3n) is 2.16. The van der Waals surface area contributed by atoms with Crippen LogP contribution in [0.4, 0.5) is 0 Å². The van der Waals surface area contributed by atoms with Crippen LogP contribution in [0, 0.1) is 0 Å². The topological polar surface area (TPSA) is 55.1 Å². The molecule has 1 N–H and O–H groups in total. The lowest BCUT2D eigenvalue weighted by atomic mass is 10.2. The van der Waals surface area contributed by atoms with Crippen LogP contribution in [-0.4, -0.2) is 16.8 Å². The Hall–Kier alpha value is -1.81. The van der Waals surface area contributed by atoms with E-state index in [1.807, 2.05) is 30.3 Å². The summed E-state index contributed by atoms with van der Waals surface area (Å²) >= 11 is 5.36. The smallest absolute Gasteiger partial charge is 0.235 e. The molecule has 2 rings (SSSR count). The Balaban J connectivity index is 2.04. The maximum absolute atomic E-state index is 11.0. The normalized spacial score (nSPS) is 10.2. The Morgan fingerprint density at radius 1 is 1.35 bits per heavy atom. The second-order valence-corrected chi connectivity index (χ2v) is 3.68. The quantitative estimate of drug-likeness (QED) is 0.847. The van der Waals surface area contributed by atoms with Crippen LogP contribution in [0.5, 0.6) is 0 Å². The molecule has 0 bridgehead atoms. The van der Waals surface area contributed by atoms with Gasteiger partial charge in [-0.05, 0) is 12.1 Å². The van der Waals surface area contributed by atoms with Crippen molar-refractivity contribution in [2.24, 2.45) is 0 Å². The van der Waals surface area contributed by atoms with Gasteiger partial charge in [-0.25, -0.2) is 4.98 Å². The molecule has 0 fully saturated rings. The fourth-order valence-corrected chi connectivity index (χ4v) is 1.43. The van der Waals surface area contributed by atoms with Crippen molar-refractivity contribution in [2.45, 2.75) is 6.54 Å². The van der Waals surface area contributed by atoms with Gasteiger partial charge in [-0.3, -0.25) is 4.79 Å². The van der Waals surface area contributed by atoms with E-state index in [1.165, 1.54) is 0 Å². The van der Waals surface area contributed by atoms with Gasteiger partial charge >= 0.3 is 0 Å². The lowest BCUT2D eigenvalue weighted by Gasteiger charge is -1.98. The summed E-state index contributed by atoms with van der Waals surface area (Å²) in [5.74, 6) is 0.854. The molecular formula is C12H11ClN2O2. The Morgan fingerprint density at radius 3 is 2.82 bits per heavy atom. The zero-order valence-electron chi connectivity index (χ0n) is 9.02. The molecule has 4 nitrogen and oxygen atoms in total. The van der Waals surface area contributed by atoms with Crippen molar-refractivity contribution in [2.75, 3.05) is 5.88 Å². The Morgan fingerprint density at radius 2 is 2.12 bits per heavy atom. The maximum Gasteiger partial charge on any atom is 0.235 e. The number of carbonyl (C=O) groups excluding carboxylic acids is 1. The highest BCUT2D eigenvalue weighted by molar-refractivity contribution is 6.27. The molecule has 5 heteroatoms. The molecule has 2 aromatic rings. The van der Waals surface area contributed by atoms with Gasteiger partial charge in [0.2, 0.25) is 11.8 Å². The van der Waals surface area contributed by atoms with E-state index >= 15 is 0 Å². The molecule has 0 spiro atoms. The number of amides is 1. The minimum atomic E-state index is -0.232. The Bertz CT molecular complexity index is 496. The van der Waals surface area contributed by atoms with Crippen molar-refractivity contribution in [3.8, 4) is 11.5 Å². The van der Waals surface area contributed by atoms with Gasteiger partial charge in [-0.15, -0.1) is 11.6 Å². The largest absolute Gasteiger partial charge is 0.439 e. The first-order chi connectivity index (χ1) is 8.29. The Kier molecular flexibility index (Phi) is 3.77. The number of carbonyl (C=O) groups is 1. The van der Waals surface area contributed by atoms with Crippen molar-refractivity contribution in [3.63, 3.8) is 0 Å². The monoisotopic (exact) mass is 250 g/mol. The number of halogens is 1. The van der Waals surface area contributed by atoms with E-state index in [0.717, 1.165) is 5.56 Å². The van der Waals surface area contributed by atoms with Gasteiger partial charge < -0.3 is 9.73 Å². The van der Waals surface area contributed by atoms with Gasteiger partial charge in [-0.1, -0.05) is 18.2 Å². The van der Waals surface area contributed by atoms with Crippen molar-refractivity contribution in [1.82, 2.24) is 10.3 Å². The number of nitrogens with zero attached hydrogens (tertiary/aromatic N) is 1. The van der Waals surface area contributed by atoms with E-state index in [2.05, 4.69) is 10.3 Å². The molecule has 88 valence electrons. The molecule has 1 aromatic carbocycles. The summed E-state index contributed by atoms with van der Waals surface area (Å²) in [6.45, 7) is 0.297. The van der Waals surface area contributed by atoms with Crippen LogP contribution >= 0.6 is 11.6 Å². The van der Waals surface area contributed by atoms with Gasteiger partial charge in [0.1, 0.15) is 11.6 Å². The summed E-state index contributed by atoms with van der Waals surface area (Å²) < 4.78 is 5.50. The lowest BCUT2D eigenvalue weighted by molar-refractivity contribution is -0.118. The minimum Gasteiger partial charge on any atom is -0.439 e. The third-order valence-corrected chi connectivity index (χ3v) is 2.40. The Labute approximate surface area is 104 Å². The number of benzene rings is 1. The number of hydrogen-bond acceptors (Lipinski definition) is 3. The van der Waals surface area contributed by atoms with Crippen molar-refractivity contribution < 1.29 is 9.21 Å². The number of aromatic nitrogens is 1. The lowest BCUT2D eigenvalue weighted by Crippen LogP contribution is -2.23. The van der Waals surface area contributed by atoms with Crippen molar-refractivity contribution in [1.29, 1.82) is 0 Å². The first kappa shape index (κ1) is 11.7. The van der Waals surface area contributed by atoms with E-state index in [9.17, 15) is 4.79 Å². The average Bonchev–Trinajstić information content (AvgIpc) is 2.86. The number of hydrogen-bond donors (Lipinski definition) is 1. The summed E-state index contributed by atoms with van der Waals surface area (Å²) in [4.78, 5) is 15.1. The number of alkyl halides is 1. The molecule has 0 saturated heterocycles. The molecular weight excluding hydrogens is 240 g/mol. The number of rotatable bonds is 4. The summed E-state index contributed by atoms with van der Waals surface area (Å²) in [6, 6.07) is 9.57. The molecule has 0 aliphatic heterocycles. The first-order valence-electron chi connectivity index (χ1n) is 5.12. The van der Waals surface area contributed by atoms with Gasteiger partial charge in [0.25, 0.3) is 0 Å². The van der Waals surface area contributed by atoms with E-state index in [-0.39, 0.29) is 11.8 Å². The first-order valence-corrected chi connectivity index (χ1v) is 5.66. The van der Waals surface area contributed by atoms with E-state index in [0.29, 0.717) is 18.2 Å². The zero-order chi connectivity index (χ0) is 12.1. The average molecular weight is 251 g/mol. The van der Waals surface area contributed by atoms with Crippen molar-refractivity contribution in [3.05, 3.63) is 42.3 Å². The summed E-state index contributed by atoms with van der Waals surface area (Å²) in [7, 11) is 0. The molecule has 1 heterocycles. The predicted octanol–water partition coefficient (Wildman–Crippen LogP) is 2.20. The van der Waals surface area contributed by atoms with Crippen LogP contribution in [0.3, 0.4) is 0 Å².